The summed E-state index contributed by atoms with van der Waals surface area (Å²) >= 11 is 6.04. The Morgan fingerprint density at radius 3 is 2.06 bits per heavy atom. The number of esters is 1. The Kier molecular flexibility index (Phi) is 4.81. The molecule has 0 aromatic heterocycles. The number of hydrogen-bond donors (Lipinski definition) is 1. The zero-order valence-corrected chi connectivity index (χ0v) is 17.1. The van der Waals surface area contributed by atoms with Crippen LogP contribution in [0.4, 0.5) is 0 Å². The highest BCUT2D eigenvalue weighted by Crippen LogP contribution is 2.45. The summed E-state index contributed by atoms with van der Waals surface area (Å²) in [5.41, 5.74) is 1.65. The third-order valence-electron chi connectivity index (χ3n) is 5.31. The Bertz CT molecular complexity index is 1460. The van der Waals surface area contributed by atoms with Crippen LogP contribution in [0.3, 0.4) is 0 Å². The van der Waals surface area contributed by atoms with Gasteiger partial charge in [-0.15, -0.1) is 0 Å². The molecule has 0 aliphatic rings. The lowest BCUT2D eigenvalue weighted by Crippen LogP contribution is -2.09. The fraction of sp³-hybridized carbons (Fsp3) is 0. The molecule has 0 spiro atoms. The average molecular weight is 425 g/mol. The second kappa shape index (κ2) is 7.78. The van der Waals surface area contributed by atoms with E-state index in [1.54, 1.807) is 36.4 Å². The SMILES string of the molecule is O=C(Oc1ccc2ccccc2c1-c1c(O)ccc2ccccc12)c1cccc(Cl)c1. The lowest BCUT2D eigenvalue weighted by atomic mass is 9.92. The van der Waals surface area contributed by atoms with E-state index in [1.165, 1.54) is 0 Å². The minimum Gasteiger partial charge on any atom is -0.507 e. The van der Waals surface area contributed by atoms with E-state index in [0.717, 1.165) is 21.5 Å². The molecule has 0 saturated heterocycles. The van der Waals surface area contributed by atoms with Crippen LogP contribution in [0.5, 0.6) is 11.5 Å². The molecule has 0 fully saturated rings. The summed E-state index contributed by atoms with van der Waals surface area (Å²) in [7, 11) is 0. The van der Waals surface area contributed by atoms with Gasteiger partial charge in [-0.05, 0) is 51.9 Å². The van der Waals surface area contributed by atoms with Crippen molar-refractivity contribution >= 4 is 39.1 Å². The van der Waals surface area contributed by atoms with Gasteiger partial charge in [0.1, 0.15) is 11.5 Å². The van der Waals surface area contributed by atoms with Gasteiger partial charge < -0.3 is 9.84 Å². The molecule has 150 valence electrons. The van der Waals surface area contributed by atoms with Crippen molar-refractivity contribution in [3.8, 4) is 22.6 Å². The Balaban J connectivity index is 1.76. The van der Waals surface area contributed by atoms with Gasteiger partial charge in [-0.2, -0.15) is 0 Å². The van der Waals surface area contributed by atoms with Crippen molar-refractivity contribution in [3.05, 3.63) is 108 Å². The van der Waals surface area contributed by atoms with Gasteiger partial charge in [0, 0.05) is 16.1 Å². The van der Waals surface area contributed by atoms with Crippen LogP contribution in [0.2, 0.25) is 5.02 Å². The molecular formula is C27H17ClO3. The lowest BCUT2D eigenvalue weighted by molar-refractivity contribution is 0.0735. The molecule has 0 radical (unpaired) electrons. The Hall–Kier alpha value is -3.82. The van der Waals surface area contributed by atoms with Gasteiger partial charge in [-0.1, -0.05) is 78.3 Å². The first-order valence-corrected chi connectivity index (χ1v) is 10.2. The summed E-state index contributed by atoms with van der Waals surface area (Å²) in [5.74, 6) is -0.0239. The molecule has 0 bridgehead atoms. The first kappa shape index (κ1) is 19.2. The Labute approximate surface area is 184 Å². The summed E-state index contributed by atoms with van der Waals surface area (Å²) < 4.78 is 5.84. The topological polar surface area (TPSA) is 46.5 Å². The fourth-order valence-electron chi connectivity index (χ4n) is 3.89. The molecule has 5 aromatic carbocycles. The fourth-order valence-corrected chi connectivity index (χ4v) is 4.08. The van der Waals surface area contributed by atoms with Gasteiger partial charge in [0.2, 0.25) is 0 Å². The Morgan fingerprint density at radius 1 is 0.710 bits per heavy atom. The monoisotopic (exact) mass is 424 g/mol. The predicted octanol–water partition coefficient (Wildman–Crippen LogP) is 7.24. The van der Waals surface area contributed by atoms with E-state index in [2.05, 4.69) is 0 Å². The van der Waals surface area contributed by atoms with Crippen molar-refractivity contribution in [1.82, 2.24) is 0 Å². The van der Waals surface area contributed by atoms with Crippen molar-refractivity contribution in [3.63, 3.8) is 0 Å². The second-order valence-corrected chi connectivity index (χ2v) is 7.68. The van der Waals surface area contributed by atoms with Crippen LogP contribution in [0, 0.1) is 0 Å². The van der Waals surface area contributed by atoms with Gasteiger partial charge in [0.05, 0.1) is 5.56 Å². The van der Waals surface area contributed by atoms with E-state index in [-0.39, 0.29) is 5.75 Å². The van der Waals surface area contributed by atoms with E-state index in [4.69, 9.17) is 16.3 Å². The maximum atomic E-state index is 12.9. The number of ether oxygens (including phenoxy) is 1. The summed E-state index contributed by atoms with van der Waals surface area (Å²) in [6, 6.07) is 29.5. The predicted molar refractivity (Wildman–Crippen MR) is 125 cm³/mol. The molecule has 0 aliphatic carbocycles. The largest absolute Gasteiger partial charge is 0.507 e. The number of fused-ring (bicyclic) bond motifs is 2. The molecule has 1 N–H and O–H groups in total. The maximum Gasteiger partial charge on any atom is 0.343 e. The van der Waals surface area contributed by atoms with Crippen LogP contribution < -0.4 is 4.74 Å². The molecule has 0 amide bonds. The molecule has 3 nitrogen and oxygen atoms in total. The van der Waals surface area contributed by atoms with Crippen LogP contribution >= 0.6 is 11.6 Å². The average Bonchev–Trinajstić information content (AvgIpc) is 2.79. The smallest absolute Gasteiger partial charge is 0.343 e. The molecule has 0 aliphatic heterocycles. The highest BCUT2D eigenvalue weighted by molar-refractivity contribution is 6.30. The molecular weight excluding hydrogens is 408 g/mol. The van der Waals surface area contributed by atoms with E-state index in [1.807, 2.05) is 60.7 Å². The summed E-state index contributed by atoms with van der Waals surface area (Å²) in [4.78, 5) is 12.9. The number of phenolic OH excluding ortho intramolecular Hbond substituents is 1. The van der Waals surface area contributed by atoms with Crippen molar-refractivity contribution in [1.29, 1.82) is 0 Å². The van der Waals surface area contributed by atoms with Crippen molar-refractivity contribution in [2.75, 3.05) is 0 Å². The first-order chi connectivity index (χ1) is 15.1. The van der Waals surface area contributed by atoms with Crippen LogP contribution in [0.25, 0.3) is 32.7 Å². The molecule has 5 rings (SSSR count). The molecule has 4 heteroatoms. The molecule has 0 saturated carbocycles. The minimum atomic E-state index is -0.515. The van der Waals surface area contributed by atoms with Crippen LogP contribution in [-0.2, 0) is 0 Å². The third kappa shape index (κ3) is 3.49. The molecule has 0 atom stereocenters. The zero-order chi connectivity index (χ0) is 21.4. The maximum absolute atomic E-state index is 12.9. The van der Waals surface area contributed by atoms with Crippen LogP contribution in [0.15, 0.2) is 97.1 Å². The van der Waals surface area contributed by atoms with Gasteiger partial charge >= 0.3 is 5.97 Å². The third-order valence-corrected chi connectivity index (χ3v) is 5.55. The van der Waals surface area contributed by atoms with Gasteiger partial charge in [-0.3, -0.25) is 0 Å². The van der Waals surface area contributed by atoms with Crippen molar-refractivity contribution < 1.29 is 14.6 Å². The number of aromatic hydroxyl groups is 1. The number of hydrogen-bond acceptors (Lipinski definition) is 3. The zero-order valence-electron chi connectivity index (χ0n) is 16.4. The van der Waals surface area contributed by atoms with Crippen molar-refractivity contribution in [2.24, 2.45) is 0 Å². The van der Waals surface area contributed by atoms with Gasteiger partial charge in [0.25, 0.3) is 0 Å². The number of phenols is 1. The number of carbonyl (C=O) groups is 1. The van der Waals surface area contributed by atoms with Crippen molar-refractivity contribution in [2.45, 2.75) is 0 Å². The standard InChI is InChI=1S/C27H17ClO3/c28-20-9-5-8-19(16-20)27(30)31-24-15-13-18-7-2-4-11-22(18)26(24)25-21-10-3-1-6-17(21)12-14-23(25)29/h1-16,29H. The normalized spacial score (nSPS) is 11.0. The summed E-state index contributed by atoms with van der Waals surface area (Å²) in [5, 5.41) is 15.0. The minimum absolute atomic E-state index is 0.120. The molecule has 0 heterocycles. The lowest BCUT2D eigenvalue weighted by Gasteiger charge is -2.17. The number of benzene rings is 5. The quantitative estimate of drug-likeness (QED) is 0.245. The van der Waals surface area contributed by atoms with E-state index in [0.29, 0.717) is 27.5 Å². The number of carbonyl (C=O) groups excluding carboxylic acids is 1. The highest BCUT2D eigenvalue weighted by atomic mass is 35.5. The van der Waals surface area contributed by atoms with E-state index >= 15 is 0 Å². The Morgan fingerprint density at radius 2 is 1.35 bits per heavy atom. The molecule has 0 unspecified atom stereocenters. The highest BCUT2D eigenvalue weighted by Gasteiger charge is 2.20. The molecule has 5 aromatic rings. The van der Waals surface area contributed by atoms with Crippen LogP contribution in [0.1, 0.15) is 10.4 Å². The number of rotatable bonds is 3. The van der Waals surface area contributed by atoms with E-state index in [9.17, 15) is 9.90 Å². The molecule has 31 heavy (non-hydrogen) atoms. The van der Waals surface area contributed by atoms with Crippen LogP contribution in [-0.4, -0.2) is 11.1 Å². The van der Waals surface area contributed by atoms with Gasteiger partial charge in [0.15, 0.2) is 0 Å². The van der Waals surface area contributed by atoms with E-state index < -0.39 is 5.97 Å². The van der Waals surface area contributed by atoms with Gasteiger partial charge in [-0.25, -0.2) is 4.79 Å². The number of halogens is 1. The summed E-state index contributed by atoms with van der Waals surface area (Å²) in [6.07, 6.45) is 0. The first-order valence-electron chi connectivity index (χ1n) is 9.82. The summed E-state index contributed by atoms with van der Waals surface area (Å²) in [6.45, 7) is 0. The second-order valence-electron chi connectivity index (χ2n) is 7.24.